The van der Waals surface area contributed by atoms with Gasteiger partial charge in [-0.2, -0.15) is 5.10 Å². The van der Waals surface area contributed by atoms with E-state index in [4.69, 9.17) is 5.73 Å². The van der Waals surface area contributed by atoms with Crippen molar-refractivity contribution in [1.82, 2.24) is 15.1 Å². The predicted octanol–water partition coefficient (Wildman–Crippen LogP) is 2.86. The molecule has 0 saturated heterocycles. The topological polar surface area (TPSA) is 102 Å². The zero-order chi connectivity index (χ0) is 19.0. The summed E-state index contributed by atoms with van der Waals surface area (Å²) in [5.41, 5.74) is 5.34. The number of carbonyl (C=O) groups excluding carboxylic acids is 2. The highest BCUT2D eigenvalue weighted by Crippen LogP contribution is 2.35. The first-order chi connectivity index (χ1) is 11.3. The molecule has 0 unspecified atom stereocenters. The van der Waals surface area contributed by atoms with Gasteiger partial charge in [-0.15, -0.1) is 0 Å². The van der Waals surface area contributed by atoms with Crippen LogP contribution in [0.5, 0.6) is 0 Å². The molecule has 1 aliphatic carbocycles. The van der Waals surface area contributed by atoms with Gasteiger partial charge in [-0.25, -0.2) is 9.48 Å². The Labute approximate surface area is 149 Å². The summed E-state index contributed by atoms with van der Waals surface area (Å²) in [6.07, 6.45) is 2.71. The summed E-state index contributed by atoms with van der Waals surface area (Å²) in [5.74, 6) is 0.248. The number of primary amides is 1. The fourth-order valence-electron chi connectivity index (χ4n) is 3.02. The summed E-state index contributed by atoms with van der Waals surface area (Å²) >= 11 is 0. The number of nitrogens with one attached hydrogen (secondary N) is 2. The Bertz CT molecular complexity index is 660. The SMILES string of the molecule is CC(C)(C)c1cc(NC(=O)NC2(CC(N)=O)CCC2)n(C(C)(C)C)n1. The standard InChI is InChI=1S/C18H31N5O2/c1-16(2,3)12-10-14(23(22-12)17(4,5)6)20-15(25)21-18(8-7-9-18)11-13(19)24/h10H,7-9,11H2,1-6H3,(H2,19,24)(H2,20,21,25). The summed E-state index contributed by atoms with van der Waals surface area (Å²) < 4.78 is 1.83. The average molecular weight is 349 g/mol. The van der Waals surface area contributed by atoms with Gasteiger partial charge in [0.25, 0.3) is 0 Å². The molecule has 0 aliphatic heterocycles. The zero-order valence-corrected chi connectivity index (χ0v) is 16.2. The van der Waals surface area contributed by atoms with Crippen molar-refractivity contribution in [2.75, 3.05) is 5.32 Å². The summed E-state index contributed by atoms with van der Waals surface area (Å²) in [4.78, 5) is 23.8. The van der Waals surface area contributed by atoms with Crippen LogP contribution in [0.1, 0.15) is 72.9 Å². The molecule has 7 nitrogen and oxygen atoms in total. The predicted molar refractivity (Wildman–Crippen MR) is 98.5 cm³/mol. The van der Waals surface area contributed by atoms with Gasteiger partial charge in [0.15, 0.2) is 0 Å². The Morgan fingerprint density at radius 1 is 1.24 bits per heavy atom. The van der Waals surface area contributed by atoms with Crippen LogP contribution in [0.3, 0.4) is 0 Å². The second kappa shape index (κ2) is 6.35. The second-order valence-corrected chi connectivity index (χ2v) is 9.10. The smallest absolute Gasteiger partial charge is 0.320 e. The minimum atomic E-state index is -0.505. The van der Waals surface area contributed by atoms with Gasteiger partial charge in [-0.1, -0.05) is 20.8 Å². The van der Waals surface area contributed by atoms with Crippen LogP contribution in [0, 0.1) is 0 Å². The van der Waals surface area contributed by atoms with Crippen LogP contribution in [0.4, 0.5) is 10.6 Å². The molecule has 0 atom stereocenters. The van der Waals surface area contributed by atoms with Gasteiger partial charge in [0, 0.05) is 17.9 Å². The molecule has 1 saturated carbocycles. The maximum Gasteiger partial charge on any atom is 0.320 e. The maximum absolute atomic E-state index is 12.5. The summed E-state index contributed by atoms with van der Waals surface area (Å²) in [6, 6.07) is 1.58. The van der Waals surface area contributed by atoms with Crippen molar-refractivity contribution in [3.63, 3.8) is 0 Å². The van der Waals surface area contributed by atoms with E-state index < -0.39 is 11.4 Å². The normalized spacial score (nSPS) is 16.9. The van der Waals surface area contributed by atoms with Gasteiger partial charge in [-0.3, -0.25) is 10.1 Å². The van der Waals surface area contributed by atoms with E-state index in [-0.39, 0.29) is 23.4 Å². The van der Waals surface area contributed by atoms with Crippen molar-refractivity contribution < 1.29 is 9.59 Å². The number of amides is 3. The van der Waals surface area contributed by atoms with E-state index in [0.29, 0.717) is 5.82 Å². The quantitative estimate of drug-likeness (QED) is 0.779. The summed E-state index contributed by atoms with van der Waals surface area (Å²) in [7, 11) is 0. The number of hydrogen-bond donors (Lipinski definition) is 3. The molecule has 0 spiro atoms. The molecule has 25 heavy (non-hydrogen) atoms. The number of nitrogens with zero attached hydrogens (tertiary/aromatic N) is 2. The molecular weight excluding hydrogens is 318 g/mol. The highest BCUT2D eigenvalue weighted by Gasteiger charge is 2.40. The van der Waals surface area contributed by atoms with E-state index in [0.717, 1.165) is 25.0 Å². The number of carbonyl (C=O) groups is 2. The highest BCUT2D eigenvalue weighted by molar-refractivity contribution is 5.89. The fraction of sp³-hybridized carbons (Fsp3) is 0.722. The molecule has 140 valence electrons. The molecule has 1 heterocycles. The Morgan fingerprint density at radius 3 is 2.24 bits per heavy atom. The summed E-state index contributed by atoms with van der Waals surface area (Å²) in [6.45, 7) is 12.4. The molecule has 1 fully saturated rings. The van der Waals surface area contributed by atoms with Crippen LogP contribution in [0.15, 0.2) is 6.07 Å². The number of anilines is 1. The van der Waals surface area contributed by atoms with Crippen LogP contribution >= 0.6 is 0 Å². The molecule has 4 N–H and O–H groups in total. The van der Waals surface area contributed by atoms with Crippen molar-refractivity contribution in [3.8, 4) is 0 Å². The van der Waals surface area contributed by atoms with Crippen molar-refractivity contribution in [1.29, 1.82) is 0 Å². The zero-order valence-electron chi connectivity index (χ0n) is 16.2. The molecule has 0 radical (unpaired) electrons. The number of aromatic nitrogens is 2. The fourth-order valence-corrected chi connectivity index (χ4v) is 3.02. The van der Waals surface area contributed by atoms with Crippen molar-refractivity contribution in [3.05, 3.63) is 11.8 Å². The first kappa shape index (κ1) is 19.3. The lowest BCUT2D eigenvalue weighted by atomic mass is 9.74. The average Bonchev–Trinajstić information content (AvgIpc) is 2.79. The third-order valence-electron chi connectivity index (χ3n) is 4.56. The lowest BCUT2D eigenvalue weighted by molar-refractivity contribution is -0.120. The van der Waals surface area contributed by atoms with Gasteiger partial charge in [0.2, 0.25) is 5.91 Å². The Balaban J connectivity index is 2.20. The Hall–Kier alpha value is -2.05. The Kier molecular flexibility index (Phi) is 4.90. The lowest BCUT2D eigenvalue weighted by Crippen LogP contribution is -2.56. The molecular formula is C18H31N5O2. The number of hydrogen-bond acceptors (Lipinski definition) is 3. The van der Waals surface area contributed by atoms with Gasteiger partial charge >= 0.3 is 6.03 Å². The van der Waals surface area contributed by atoms with Gasteiger partial charge in [0.05, 0.1) is 16.8 Å². The highest BCUT2D eigenvalue weighted by atomic mass is 16.2. The maximum atomic E-state index is 12.5. The number of urea groups is 1. The third-order valence-corrected chi connectivity index (χ3v) is 4.56. The van der Waals surface area contributed by atoms with E-state index in [9.17, 15) is 9.59 Å². The number of rotatable bonds is 4. The third kappa shape index (κ3) is 4.52. The van der Waals surface area contributed by atoms with Crippen LogP contribution in [0.2, 0.25) is 0 Å². The molecule has 3 amide bonds. The minimum absolute atomic E-state index is 0.120. The monoisotopic (exact) mass is 349 g/mol. The van der Waals surface area contributed by atoms with E-state index >= 15 is 0 Å². The van der Waals surface area contributed by atoms with Gasteiger partial charge in [0.1, 0.15) is 5.82 Å². The van der Waals surface area contributed by atoms with Crippen LogP contribution in [-0.4, -0.2) is 27.3 Å². The molecule has 7 heteroatoms. The van der Waals surface area contributed by atoms with E-state index in [1.54, 1.807) is 0 Å². The molecule has 1 aromatic heterocycles. The molecule has 0 bridgehead atoms. The summed E-state index contributed by atoms with van der Waals surface area (Å²) in [5, 5.41) is 10.5. The van der Waals surface area contributed by atoms with E-state index in [1.165, 1.54) is 0 Å². The number of nitrogens with two attached hydrogens (primary N) is 1. The second-order valence-electron chi connectivity index (χ2n) is 9.10. The van der Waals surface area contributed by atoms with E-state index in [1.807, 2.05) is 31.5 Å². The first-order valence-electron chi connectivity index (χ1n) is 8.81. The van der Waals surface area contributed by atoms with Crippen molar-refractivity contribution in [2.24, 2.45) is 5.73 Å². The first-order valence-corrected chi connectivity index (χ1v) is 8.81. The largest absolute Gasteiger partial charge is 0.370 e. The van der Waals surface area contributed by atoms with Gasteiger partial charge in [-0.05, 0) is 40.0 Å². The Morgan fingerprint density at radius 2 is 1.84 bits per heavy atom. The lowest BCUT2D eigenvalue weighted by Gasteiger charge is -2.41. The molecule has 1 aliphatic rings. The van der Waals surface area contributed by atoms with Crippen LogP contribution in [0.25, 0.3) is 0 Å². The molecule has 2 rings (SSSR count). The van der Waals surface area contributed by atoms with Crippen molar-refractivity contribution >= 4 is 17.8 Å². The van der Waals surface area contributed by atoms with E-state index in [2.05, 4.69) is 36.5 Å². The molecule has 1 aromatic rings. The van der Waals surface area contributed by atoms with Crippen LogP contribution in [-0.2, 0) is 15.7 Å². The minimum Gasteiger partial charge on any atom is -0.370 e. The van der Waals surface area contributed by atoms with Crippen molar-refractivity contribution in [2.45, 2.75) is 83.7 Å². The molecule has 0 aromatic carbocycles. The van der Waals surface area contributed by atoms with Crippen LogP contribution < -0.4 is 16.4 Å². The van der Waals surface area contributed by atoms with Gasteiger partial charge < -0.3 is 11.1 Å².